The number of methoxy groups -OCH3 is 1. The highest BCUT2D eigenvalue weighted by Crippen LogP contribution is 2.32. The maximum Gasteiger partial charge on any atom is 0.160 e. The third-order valence-corrected chi connectivity index (χ3v) is 2.16. The number of aromatic hydroxyl groups is 1. The smallest absolute Gasteiger partial charge is 0.160 e. The second-order valence-electron chi connectivity index (χ2n) is 3.29. The number of ether oxygens (including phenoxy) is 1. The van der Waals surface area contributed by atoms with Crippen molar-refractivity contribution >= 4 is 0 Å². The molecule has 1 atom stereocenters. The van der Waals surface area contributed by atoms with Crippen molar-refractivity contribution in [1.29, 1.82) is 0 Å². The predicted octanol–water partition coefficient (Wildman–Crippen LogP) is 1.54. The molecule has 0 heterocycles. The van der Waals surface area contributed by atoms with Crippen LogP contribution in [0.3, 0.4) is 0 Å². The van der Waals surface area contributed by atoms with Crippen LogP contribution >= 0.6 is 0 Å². The maximum atomic E-state index is 13.7. The van der Waals surface area contributed by atoms with E-state index in [0.29, 0.717) is 11.3 Å². The summed E-state index contributed by atoms with van der Waals surface area (Å²) in [6.07, 6.45) is 0. The van der Waals surface area contributed by atoms with Crippen LogP contribution < -0.4 is 10.5 Å². The van der Waals surface area contributed by atoms with Crippen molar-refractivity contribution < 1.29 is 14.2 Å². The Morgan fingerprint density at radius 1 is 1.57 bits per heavy atom. The predicted molar refractivity (Wildman–Crippen MR) is 52.2 cm³/mol. The van der Waals surface area contributed by atoms with Crippen molar-refractivity contribution in [2.24, 2.45) is 5.73 Å². The fraction of sp³-hybridized carbons (Fsp3) is 0.400. The van der Waals surface area contributed by atoms with Gasteiger partial charge in [-0.2, -0.15) is 0 Å². The molecule has 1 aromatic carbocycles. The quantitative estimate of drug-likeness (QED) is 0.776. The number of phenols is 1. The molecule has 0 saturated carbocycles. The number of phenolic OH excluding ortho intramolecular Hbond substituents is 1. The first-order valence-corrected chi connectivity index (χ1v) is 4.27. The molecule has 0 aliphatic heterocycles. The van der Waals surface area contributed by atoms with Crippen LogP contribution in [0.5, 0.6) is 11.5 Å². The zero-order chi connectivity index (χ0) is 10.8. The fourth-order valence-corrected chi connectivity index (χ4v) is 1.13. The molecule has 0 amide bonds. The minimum atomic E-state index is -1.62. The summed E-state index contributed by atoms with van der Waals surface area (Å²) >= 11 is 0. The van der Waals surface area contributed by atoms with Crippen LogP contribution in [0.25, 0.3) is 0 Å². The van der Waals surface area contributed by atoms with Gasteiger partial charge in [-0.1, -0.05) is 6.07 Å². The average Bonchev–Trinajstić information content (AvgIpc) is 2.17. The summed E-state index contributed by atoms with van der Waals surface area (Å²) in [7, 11) is 1.44. The monoisotopic (exact) mass is 199 g/mol. The highest BCUT2D eigenvalue weighted by molar-refractivity contribution is 5.43. The lowest BCUT2D eigenvalue weighted by Gasteiger charge is -2.19. The Labute approximate surface area is 82.3 Å². The number of hydrogen-bond donors (Lipinski definition) is 2. The summed E-state index contributed by atoms with van der Waals surface area (Å²) in [5, 5.41) is 9.42. The van der Waals surface area contributed by atoms with E-state index in [4.69, 9.17) is 10.5 Å². The number of nitrogens with two attached hydrogens (primary N) is 1. The van der Waals surface area contributed by atoms with Gasteiger partial charge < -0.3 is 15.6 Å². The number of alkyl halides is 1. The lowest BCUT2D eigenvalue weighted by atomic mass is 9.98. The lowest BCUT2D eigenvalue weighted by Crippen LogP contribution is -2.26. The minimum Gasteiger partial charge on any atom is -0.504 e. The van der Waals surface area contributed by atoms with Gasteiger partial charge in [0.15, 0.2) is 11.5 Å². The topological polar surface area (TPSA) is 55.5 Å². The molecule has 0 radical (unpaired) electrons. The highest BCUT2D eigenvalue weighted by atomic mass is 19.1. The van der Waals surface area contributed by atoms with Gasteiger partial charge in [-0.05, 0) is 24.6 Å². The Bertz CT molecular complexity index is 326. The normalized spacial score (nSPS) is 14.9. The van der Waals surface area contributed by atoms with Crippen LogP contribution in [-0.2, 0) is 5.67 Å². The second-order valence-corrected chi connectivity index (χ2v) is 3.29. The first kappa shape index (κ1) is 10.8. The molecule has 0 aliphatic carbocycles. The largest absolute Gasteiger partial charge is 0.504 e. The summed E-state index contributed by atoms with van der Waals surface area (Å²) in [4.78, 5) is 0. The van der Waals surface area contributed by atoms with E-state index in [1.165, 1.54) is 26.2 Å². The van der Waals surface area contributed by atoms with Crippen molar-refractivity contribution in [2.75, 3.05) is 13.7 Å². The molecule has 14 heavy (non-hydrogen) atoms. The SMILES string of the molecule is COc1ccc(C(C)(F)CN)cc1O. The zero-order valence-corrected chi connectivity index (χ0v) is 8.25. The minimum absolute atomic E-state index is 0.0812. The third kappa shape index (κ3) is 1.96. The standard InChI is InChI=1S/C10H14FNO2/c1-10(11,6-12)7-3-4-9(14-2)8(13)5-7/h3-5,13H,6,12H2,1-2H3. The Balaban J connectivity index is 3.08. The number of benzene rings is 1. The van der Waals surface area contributed by atoms with E-state index < -0.39 is 5.67 Å². The average molecular weight is 199 g/mol. The Morgan fingerprint density at radius 2 is 2.21 bits per heavy atom. The van der Waals surface area contributed by atoms with E-state index in [-0.39, 0.29) is 12.3 Å². The van der Waals surface area contributed by atoms with Crippen LogP contribution in [0.2, 0.25) is 0 Å². The van der Waals surface area contributed by atoms with Gasteiger partial charge in [0, 0.05) is 6.54 Å². The Morgan fingerprint density at radius 3 is 2.64 bits per heavy atom. The molecular weight excluding hydrogens is 185 g/mol. The number of hydrogen-bond acceptors (Lipinski definition) is 3. The first-order valence-electron chi connectivity index (χ1n) is 4.27. The van der Waals surface area contributed by atoms with Crippen molar-refractivity contribution in [3.05, 3.63) is 23.8 Å². The van der Waals surface area contributed by atoms with Gasteiger partial charge in [0.25, 0.3) is 0 Å². The van der Waals surface area contributed by atoms with Crippen molar-refractivity contribution in [3.63, 3.8) is 0 Å². The van der Waals surface area contributed by atoms with Gasteiger partial charge in [-0.15, -0.1) is 0 Å². The molecule has 0 aromatic heterocycles. The van der Waals surface area contributed by atoms with Gasteiger partial charge >= 0.3 is 0 Å². The Kier molecular flexibility index (Phi) is 2.96. The molecule has 1 rings (SSSR count). The van der Waals surface area contributed by atoms with Crippen LogP contribution in [0.1, 0.15) is 12.5 Å². The van der Waals surface area contributed by atoms with E-state index in [2.05, 4.69) is 0 Å². The van der Waals surface area contributed by atoms with Crippen LogP contribution in [-0.4, -0.2) is 18.8 Å². The van der Waals surface area contributed by atoms with Crippen molar-refractivity contribution in [3.8, 4) is 11.5 Å². The van der Waals surface area contributed by atoms with Crippen LogP contribution in [0.4, 0.5) is 4.39 Å². The third-order valence-electron chi connectivity index (χ3n) is 2.16. The summed E-state index contributed by atoms with van der Waals surface area (Å²) in [6.45, 7) is 1.24. The summed E-state index contributed by atoms with van der Waals surface area (Å²) in [5.41, 5.74) is 4.00. The molecule has 0 fully saturated rings. The molecule has 3 N–H and O–H groups in total. The number of rotatable bonds is 3. The van der Waals surface area contributed by atoms with Gasteiger partial charge in [0.1, 0.15) is 5.67 Å². The summed E-state index contributed by atoms with van der Waals surface area (Å²) in [5.74, 6) is 0.240. The maximum absolute atomic E-state index is 13.7. The molecular formula is C10H14FNO2. The molecule has 4 heteroatoms. The molecule has 3 nitrogen and oxygen atoms in total. The van der Waals surface area contributed by atoms with Crippen LogP contribution in [0.15, 0.2) is 18.2 Å². The van der Waals surface area contributed by atoms with E-state index >= 15 is 0 Å². The van der Waals surface area contributed by atoms with Gasteiger partial charge in [-0.3, -0.25) is 0 Å². The molecule has 0 bridgehead atoms. The summed E-state index contributed by atoms with van der Waals surface area (Å²) in [6, 6.07) is 4.38. The van der Waals surface area contributed by atoms with Gasteiger partial charge in [0.2, 0.25) is 0 Å². The van der Waals surface area contributed by atoms with Crippen molar-refractivity contribution in [1.82, 2.24) is 0 Å². The van der Waals surface area contributed by atoms with Gasteiger partial charge in [0.05, 0.1) is 7.11 Å². The molecule has 0 aliphatic rings. The van der Waals surface area contributed by atoms with E-state index in [1.54, 1.807) is 6.07 Å². The van der Waals surface area contributed by atoms with E-state index in [9.17, 15) is 9.50 Å². The second kappa shape index (κ2) is 3.84. The molecule has 1 aromatic rings. The zero-order valence-electron chi connectivity index (χ0n) is 8.25. The summed E-state index contributed by atoms with van der Waals surface area (Å²) < 4.78 is 18.5. The molecule has 0 saturated heterocycles. The lowest BCUT2D eigenvalue weighted by molar-refractivity contribution is 0.202. The number of halogens is 1. The van der Waals surface area contributed by atoms with Crippen LogP contribution in [0, 0.1) is 0 Å². The Hall–Kier alpha value is -1.29. The van der Waals surface area contributed by atoms with E-state index in [0.717, 1.165) is 0 Å². The van der Waals surface area contributed by atoms with Gasteiger partial charge in [-0.25, -0.2) is 4.39 Å². The molecule has 78 valence electrons. The van der Waals surface area contributed by atoms with Crippen molar-refractivity contribution in [2.45, 2.75) is 12.6 Å². The first-order chi connectivity index (χ1) is 6.51. The highest BCUT2D eigenvalue weighted by Gasteiger charge is 2.24. The molecule has 1 unspecified atom stereocenters. The molecule has 0 spiro atoms. The van der Waals surface area contributed by atoms with E-state index in [1.807, 2.05) is 0 Å². The fourth-order valence-electron chi connectivity index (χ4n) is 1.13.